The van der Waals surface area contributed by atoms with Gasteiger partial charge >= 0.3 is 6.18 Å². The summed E-state index contributed by atoms with van der Waals surface area (Å²) in [6.07, 6.45) is -5.08. The molecule has 0 radical (unpaired) electrons. The highest BCUT2D eigenvalue weighted by Crippen LogP contribution is 2.51. The largest absolute Gasteiger partial charge is 0.417 e. The predicted octanol–water partition coefficient (Wildman–Crippen LogP) is 5.01. The zero-order valence-corrected chi connectivity index (χ0v) is 17.0. The highest BCUT2D eigenvalue weighted by molar-refractivity contribution is 7.85. The van der Waals surface area contributed by atoms with E-state index in [-0.39, 0.29) is 17.9 Å². The van der Waals surface area contributed by atoms with E-state index in [4.69, 9.17) is 4.43 Å². The van der Waals surface area contributed by atoms with Gasteiger partial charge in [-0.25, -0.2) is 4.21 Å². The lowest BCUT2D eigenvalue weighted by Gasteiger charge is -2.50. The first-order chi connectivity index (χ1) is 9.91. The second-order valence-corrected chi connectivity index (χ2v) is 15.4. The Kier molecular flexibility index (Phi) is 5.39. The molecule has 136 valence electrons. The van der Waals surface area contributed by atoms with Crippen LogP contribution in [-0.2, 0) is 15.4 Å². The lowest BCUT2D eigenvalue weighted by molar-refractivity contribution is -0.257. The van der Waals surface area contributed by atoms with Gasteiger partial charge in [-0.3, -0.25) is 0 Å². The quantitative estimate of drug-likeness (QED) is 0.654. The van der Waals surface area contributed by atoms with E-state index in [1.54, 1.807) is 20.8 Å². The van der Waals surface area contributed by atoms with Crippen molar-refractivity contribution in [2.75, 3.05) is 0 Å². The lowest BCUT2D eigenvalue weighted by atomic mass is 9.78. The van der Waals surface area contributed by atoms with E-state index < -0.39 is 35.8 Å². The summed E-state index contributed by atoms with van der Waals surface area (Å²) in [7, 11) is -4.12. The zero-order valence-electron chi connectivity index (χ0n) is 15.2. The lowest BCUT2D eigenvalue weighted by Crippen LogP contribution is -2.63. The molecule has 1 fully saturated rings. The molecule has 23 heavy (non-hydrogen) atoms. The summed E-state index contributed by atoms with van der Waals surface area (Å²) < 4.78 is 61.9. The average Bonchev–Trinajstić information content (AvgIpc) is 2.20. The van der Waals surface area contributed by atoms with Crippen molar-refractivity contribution in [2.45, 2.75) is 89.0 Å². The third kappa shape index (κ3) is 4.45. The zero-order chi connectivity index (χ0) is 18.5. The molecule has 0 heterocycles. The molecular weight excluding hydrogens is 343 g/mol. The van der Waals surface area contributed by atoms with E-state index in [0.717, 1.165) is 0 Å². The number of nitrogens with zero attached hydrogens (tertiary/aromatic N) is 1. The number of alkyl halides is 3. The molecule has 0 aliphatic heterocycles. The Morgan fingerprint density at radius 3 is 1.83 bits per heavy atom. The minimum Gasteiger partial charge on any atom is -0.402 e. The summed E-state index contributed by atoms with van der Waals surface area (Å²) in [6, 6.07) is 0. The fourth-order valence-electron chi connectivity index (χ4n) is 1.90. The molecule has 1 aliphatic rings. The Morgan fingerprint density at radius 1 is 1.09 bits per heavy atom. The smallest absolute Gasteiger partial charge is 0.402 e. The first-order valence-corrected chi connectivity index (χ1v) is 11.7. The van der Waals surface area contributed by atoms with E-state index in [0.29, 0.717) is 5.71 Å². The van der Waals surface area contributed by atoms with E-state index in [1.807, 2.05) is 33.9 Å². The monoisotopic (exact) mass is 371 g/mol. The van der Waals surface area contributed by atoms with Crippen molar-refractivity contribution in [3.05, 3.63) is 0 Å². The molecule has 8 heteroatoms. The van der Waals surface area contributed by atoms with Crippen LogP contribution in [0.3, 0.4) is 0 Å². The van der Waals surface area contributed by atoms with E-state index >= 15 is 0 Å². The standard InChI is InChI=1S/C15H28F3NO2SSi/c1-12(2,3)22(20)19-11-9-14(10-11,15(16,17)18)21-23(7,8)13(4,5)6/h9-10H2,1-8H3. The summed E-state index contributed by atoms with van der Waals surface area (Å²) in [5.41, 5.74) is -1.84. The highest BCUT2D eigenvalue weighted by atomic mass is 32.2. The molecular formula is C15H28F3NO2SSi. The molecule has 1 unspecified atom stereocenters. The van der Waals surface area contributed by atoms with Crippen LogP contribution < -0.4 is 0 Å². The van der Waals surface area contributed by atoms with Crippen LogP contribution in [0, 0.1) is 0 Å². The van der Waals surface area contributed by atoms with Crippen LogP contribution in [0.25, 0.3) is 0 Å². The van der Waals surface area contributed by atoms with Crippen molar-refractivity contribution in [2.24, 2.45) is 4.40 Å². The van der Waals surface area contributed by atoms with Gasteiger partial charge < -0.3 is 4.43 Å². The van der Waals surface area contributed by atoms with Gasteiger partial charge in [0.25, 0.3) is 0 Å². The maximum absolute atomic E-state index is 13.6. The van der Waals surface area contributed by atoms with Gasteiger partial charge in [0.05, 0.1) is 4.75 Å². The SMILES string of the molecule is CC(C)(C)S(=O)N=C1CC(O[Si](C)(C)C(C)(C)C)(C(F)(F)F)C1. The average molecular weight is 372 g/mol. The molecule has 0 N–H and O–H groups in total. The van der Waals surface area contributed by atoms with Gasteiger partial charge in [0.1, 0.15) is 11.0 Å². The van der Waals surface area contributed by atoms with E-state index in [9.17, 15) is 17.4 Å². The van der Waals surface area contributed by atoms with Crippen LogP contribution in [0.2, 0.25) is 18.1 Å². The number of rotatable bonds is 3. The van der Waals surface area contributed by atoms with Gasteiger partial charge in [-0.1, -0.05) is 20.8 Å². The third-order valence-corrected chi connectivity index (χ3v) is 10.5. The van der Waals surface area contributed by atoms with Gasteiger partial charge in [0, 0.05) is 18.6 Å². The van der Waals surface area contributed by atoms with Crippen LogP contribution in [0.1, 0.15) is 54.4 Å². The Bertz CT molecular complexity index is 508. The minimum absolute atomic E-state index is 0.313. The van der Waals surface area contributed by atoms with E-state index in [2.05, 4.69) is 4.40 Å². The first kappa shape index (κ1) is 20.8. The molecule has 1 saturated carbocycles. The van der Waals surface area contributed by atoms with Crippen LogP contribution in [-0.4, -0.2) is 34.8 Å². The van der Waals surface area contributed by atoms with Crippen LogP contribution >= 0.6 is 0 Å². The summed E-state index contributed by atoms with van der Waals surface area (Å²) in [5, 5.41) is -0.313. The van der Waals surface area contributed by atoms with Crippen molar-refractivity contribution < 1.29 is 21.8 Å². The fourth-order valence-corrected chi connectivity index (χ4v) is 4.08. The van der Waals surface area contributed by atoms with Gasteiger partial charge in [-0.15, -0.1) is 0 Å². The van der Waals surface area contributed by atoms with Crippen LogP contribution in [0.15, 0.2) is 4.40 Å². The third-order valence-electron chi connectivity index (χ3n) is 4.49. The molecule has 3 nitrogen and oxygen atoms in total. The molecule has 0 bridgehead atoms. The highest BCUT2D eigenvalue weighted by Gasteiger charge is 2.65. The molecule has 0 aromatic carbocycles. The predicted molar refractivity (Wildman–Crippen MR) is 91.6 cm³/mol. The molecule has 0 spiro atoms. The summed E-state index contributed by atoms with van der Waals surface area (Å²) in [6.45, 7) is 14.6. The van der Waals surface area contributed by atoms with Gasteiger partial charge in [0.15, 0.2) is 13.9 Å². The minimum atomic E-state index is -4.45. The second kappa shape index (κ2) is 5.95. The number of hydrogen-bond acceptors (Lipinski definition) is 2. The molecule has 1 rings (SSSR count). The van der Waals surface area contributed by atoms with Crippen molar-refractivity contribution in [3.8, 4) is 0 Å². The molecule has 1 aliphatic carbocycles. The van der Waals surface area contributed by atoms with Crippen LogP contribution in [0.4, 0.5) is 13.2 Å². The van der Waals surface area contributed by atoms with Crippen LogP contribution in [0.5, 0.6) is 0 Å². The van der Waals surface area contributed by atoms with Crippen molar-refractivity contribution in [1.82, 2.24) is 0 Å². The summed E-state index contributed by atoms with van der Waals surface area (Å²) in [4.78, 5) is 0. The molecule has 1 atom stereocenters. The Balaban J connectivity index is 3.01. The second-order valence-electron chi connectivity index (χ2n) is 8.73. The topological polar surface area (TPSA) is 38.7 Å². The molecule has 0 aromatic rings. The Hall–Kier alpha value is -0.213. The van der Waals surface area contributed by atoms with Crippen molar-refractivity contribution >= 4 is 25.0 Å². The maximum atomic E-state index is 13.6. The van der Waals surface area contributed by atoms with Crippen molar-refractivity contribution in [1.29, 1.82) is 0 Å². The van der Waals surface area contributed by atoms with E-state index in [1.165, 1.54) is 0 Å². The summed E-state index contributed by atoms with van der Waals surface area (Å²) in [5.74, 6) is 0. The normalized spacial score (nSPS) is 25.1. The summed E-state index contributed by atoms with van der Waals surface area (Å²) >= 11 is 0. The maximum Gasteiger partial charge on any atom is 0.417 e. The molecule has 0 saturated heterocycles. The van der Waals surface area contributed by atoms with Gasteiger partial charge in [0.2, 0.25) is 0 Å². The Morgan fingerprint density at radius 2 is 1.52 bits per heavy atom. The Labute approximate surface area is 140 Å². The molecule has 0 aromatic heterocycles. The molecule has 0 amide bonds. The van der Waals surface area contributed by atoms with Gasteiger partial charge in [-0.2, -0.15) is 17.6 Å². The van der Waals surface area contributed by atoms with Gasteiger partial charge in [-0.05, 0) is 38.9 Å². The van der Waals surface area contributed by atoms with Crippen molar-refractivity contribution in [3.63, 3.8) is 0 Å². The number of hydrogen-bond donors (Lipinski definition) is 0. The number of halogens is 3. The first-order valence-electron chi connectivity index (χ1n) is 7.67. The fraction of sp³-hybridized carbons (Fsp3) is 0.933.